The van der Waals surface area contributed by atoms with Gasteiger partial charge in [0.2, 0.25) is 0 Å². The number of carbonyl (C=O) groups is 1. The van der Waals surface area contributed by atoms with Gasteiger partial charge in [-0.3, -0.25) is 4.79 Å². The smallest absolute Gasteiger partial charge is 0.133 e. The molecule has 1 aliphatic rings. The van der Waals surface area contributed by atoms with E-state index < -0.39 is 0 Å². The molecule has 1 nitrogen and oxygen atoms in total. The highest BCUT2D eigenvalue weighted by Gasteiger charge is 2.14. The summed E-state index contributed by atoms with van der Waals surface area (Å²) in [7, 11) is 0. The maximum Gasteiger partial charge on any atom is 0.133 e. The molecule has 1 fully saturated rings. The van der Waals surface area contributed by atoms with E-state index in [0.717, 1.165) is 19.3 Å². The Hall–Kier alpha value is -0.330. The summed E-state index contributed by atoms with van der Waals surface area (Å²) < 4.78 is 0. The summed E-state index contributed by atoms with van der Waals surface area (Å²) in [6, 6.07) is 0. The standard InChI is InChI=1S/C7H12O.C3H8/c1-6-3-2-4-7(8)5-6;1-3-2/h6H,2-5H2,1H3;3H2,1-2H3. The topological polar surface area (TPSA) is 17.1 Å². The first kappa shape index (κ1) is 10.7. The molecule has 0 amide bonds. The maximum absolute atomic E-state index is 10.7. The Morgan fingerprint density at radius 1 is 1.45 bits per heavy atom. The number of rotatable bonds is 0. The lowest BCUT2D eigenvalue weighted by molar-refractivity contribution is -0.121. The summed E-state index contributed by atoms with van der Waals surface area (Å²) in [5.41, 5.74) is 0. The molecule has 1 heteroatoms. The van der Waals surface area contributed by atoms with E-state index in [0.29, 0.717) is 11.7 Å². The SMILES string of the molecule is CC1CCCC(=O)C1.CCC. The molecule has 1 rings (SSSR count). The molecule has 0 heterocycles. The van der Waals surface area contributed by atoms with Crippen molar-refractivity contribution in [1.29, 1.82) is 0 Å². The average molecular weight is 156 g/mol. The van der Waals surface area contributed by atoms with Crippen molar-refractivity contribution in [2.75, 3.05) is 0 Å². The number of ketones is 1. The summed E-state index contributed by atoms with van der Waals surface area (Å²) in [6.45, 7) is 6.40. The van der Waals surface area contributed by atoms with Gasteiger partial charge in [-0.2, -0.15) is 0 Å². The van der Waals surface area contributed by atoms with Crippen molar-refractivity contribution in [3.8, 4) is 0 Å². The van der Waals surface area contributed by atoms with Gasteiger partial charge in [-0.25, -0.2) is 0 Å². The van der Waals surface area contributed by atoms with Crippen LogP contribution < -0.4 is 0 Å². The Morgan fingerprint density at radius 3 is 2.27 bits per heavy atom. The van der Waals surface area contributed by atoms with E-state index in [1.807, 2.05) is 0 Å². The van der Waals surface area contributed by atoms with Crippen LogP contribution >= 0.6 is 0 Å². The van der Waals surface area contributed by atoms with Crippen LogP contribution in [0.1, 0.15) is 52.9 Å². The van der Waals surface area contributed by atoms with Gasteiger partial charge in [0.15, 0.2) is 0 Å². The lowest BCUT2D eigenvalue weighted by Crippen LogP contribution is -2.11. The predicted octanol–water partition coefficient (Wildman–Crippen LogP) is 3.18. The van der Waals surface area contributed by atoms with Crippen molar-refractivity contribution in [1.82, 2.24) is 0 Å². The highest BCUT2D eigenvalue weighted by molar-refractivity contribution is 5.79. The highest BCUT2D eigenvalue weighted by Crippen LogP contribution is 2.19. The zero-order valence-corrected chi connectivity index (χ0v) is 8.02. The summed E-state index contributed by atoms with van der Waals surface area (Å²) in [6.07, 6.45) is 5.30. The average Bonchev–Trinajstić information content (AvgIpc) is 1.88. The molecule has 0 radical (unpaired) electrons. The third kappa shape index (κ3) is 6.08. The van der Waals surface area contributed by atoms with Crippen LogP contribution in [0.25, 0.3) is 0 Å². The van der Waals surface area contributed by atoms with Gasteiger partial charge in [0, 0.05) is 12.8 Å². The minimum absolute atomic E-state index is 0.462. The monoisotopic (exact) mass is 156 g/mol. The lowest BCUT2D eigenvalue weighted by Gasteiger charge is -2.14. The van der Waals surface area contributed by atoms with Crippen LogP contribution in [0.2, 0.25) is 0 Å². The zero-order valence-electron chi connectivity index (χ0n) is 8.02. The molecular weight excluding hydrogens is 136 g/mol. The maximum atomic E-state index is 10.7. The van der Waals surface area contributed by atoms with Gasteiger partial charge >= 0.3 is 0 Å². The Labute approximate surface area is 70.2 Å². The number of hydrogen-bond donors (Lipinski definition) is 0. The summed E-state index contributed by atoms with van der Waals surface area (Å²) >= 11 is 0. The van der Waals surface area contributed by atoms with E-state index in [-0.39, 0.29) is 0 Å². The number of carbonyl (C=O) groups excluding carboxylic acids is 1. The first-order chi connectivity index (χ1) is 5.20. The second-order valence-corrected chi connectivity index (χ2v) is 3.45. The van der Waals surface area contributed by atoms with E-state index >= 15 is 0 Å². The quantitative estimate of drug-likeness (QED) is 0.526. The van der Waals surface area contributed by atoms with Crippen LogP contribution in [0.4, 0.5) is 0 Å². The molecule has 0 aliphatic heterocycles. The molecule has 0 aromatic rings. The van der Waals surface area contributed by atoms with Crippen molar-refractivity contribution in [3.05, 3.63) is 0 Å². The normalized spacial score (nSPS) is 23.9. The fourth-order valence-corrected chi connectivity index (χ4v) is 1.24. The zero-order chi connectivity index (χ0) is 8.69. The number of Topliss-reactive ketones (excluding diaryl/α,β-unsaturated/α-hetero) is 1. The molecule has 1 atom stereocenters. The number of hydrogen-bond acceptors (Lipinski definition) is 1. The van der Waals surface area contributed by atoms with E-state index in [1.54, 1.807) is 0 Å². The van der Waals surface area contributed by atoms with Crippen LogP contribution in [0.5, 0.6) is 0 Å². The molecular formula is C10H20O. The Kier molecular flexibility index (Phi) is 6.19. The Balaban J connectivity index is 0.000000292. The highest BCUT2D eigenvalue weighted by atomic mass is 16.1. The third-order valence-corrected chi connectivity index (χ3v) is 1.73. The van der Waals surface area contributed by atoms with Crippen molar-refractivity contribution in [2.45, 2.75) is 52.9 Å². The first-order valence-corrected chi connectivity index (χ1v) is 4.72. The van der Waals surface area contributed by atoms with Crippen molar-refractivity contribution < 1.29 is 4.79 Å². The van der Waals surface area contributed by atoms with Gasteiger partial charge in [0.25, 0.3) is 0 Å². The minimum atomic E-state index is 0.462. The van der Waals surface area contributed by atoms with Crippen molar-refractivity contribution >= 4 is 5.78 Å². The minimum Gasteiger partial charge on any atom is -0.300 e. The van der Waals surface area contributed by atoms with Gasteiger partial charge in [-0.1, -0.05) is 27.2 Å². The molecule has 1 aliphatic carbocycles. The lowest BCUT2D eigenvalue weighted by atomic mass is 9.90. The van der Waals surface area contributed by atoms with Crippen LogP contribution in [0.3, 0.4) is 0 Å². The molecule has 0 spiro atoms. The summed E-state index contributed by atoms with van der Waals surface area (Å²) in [5.74, 6) is 1.12. The van der Waals surface area contributed by atoms with Gasteiger partial charge in [0.05, 0.1) is 0 Å². The molecule has 0 N–H and O–H groups in total. The second-order valence-electron chi connectivity index (χ2n) is 3.45. The van der Waals surface area contributed by atoms with Gasteiger partial charge in [0.1, 0.15) is 5.78 Å². The van der Waals surface area contributed by atoms with E-state index in [9.17, 15) is 4.79 Å². The van der Waals surface area contributed by atoms with Crippen LogP contribution in [-0.2, 0) is 4.79 Å². The van der Waals surface area contributed by atoms with E-state index in [1.165, 1.54) is 12.8 Å². The van der Waals surface area contributed by atoms with E-state index in [2.05, 4.69) is 20.8 Å². The molecule has 0 bridgehead atoms. The second kappa shape index (κ2) is 6.38. The molecule has 0 saturated heterocycles. The van der Waals surface area contributed by atoms with Gasteiger partial charge in [-0.15, -0.1) is 0 Å². The molecule has 1 saturated carbocycles. The Bertz CT molecular complexity index is 107. The fourth-order valence-electron chi connectivity index (χ4n) is 1.24. The summed E-state index contributed by atoms with van der Waals surface area (Å²) in [4.78, 5) is 10.7. The van der Waals surface area contributed by atoms with Crippen molar-refractivity contribution in [3.63, 3.8) is 0 Å². The van der Waals surface area contributed by atoms with Crippen molar-refractivity contribution in [2.24, 2.45) is 5.92 Å². The molecule has 0 aromatic heterocycles. The van der Waals surface area contributed by atoms with Gasteiger partial charge < -0.3 is 0 Å². The molecule has 1 unspecified atom stereocenters. The summed E-state index contributed by atoms with van der Waals surface area (Å²) in [5, 5.41) is 0. The fraction of sp³-hybridized carbons (Fsp3) is 0.900. The molecule has 0 aromatic carbocycles. The van der Waals surface area contributed by atoms with E-state index in [4.69, 9.17) is 0 Å². The van der Waals surface area contributed by atoms with Crippen LogP contribution in [0.15, 0.2) is 0 Å². The predicted molar refractivity (Wildman–Crippen MR) is 48.6 cm³/mol. The Morgan fingerprint density at radius 2 is 2.00 bits per heavy atom. The third-order valence-electron chi connectivity index (χ3n) is 1.73. The van der Waals surface area contributed by atoms with Crippen LogP contribution in [0, 0.1) is 5.92 Å². The molecule has 66 valence electrons. The molecule has 11 heavy (non-hydrogen) atoms. The first-order valence-electron chi connectivity index (χ1n) is 4.72. The largest absolute Gasteiger partial charge is 0.300 e. The van der Waals surface area contributed by atoms with Gasteiger partial charge in [-0.05, 0) is 18.8 Å². The van der Waals surface area contributed by atoms with Crippen LogP contribution in [-0.4, -0.2) is 5.78 Å².